The summed E-state index contributed by atoms with van der Waals surface area (Å²) in [5, 5.41) is 9.54. The zero-order chi connectivity index (χ0) is 70.3. The van der Waals surface area contributed by atoms with E-state index in [1.165, 1.54) is 30.4 Å². The lowest BCUT2D eigenvalue weighted by Crippen LogP contribution is -2.33. The Balaban J connectivity index is 0.000000186. The molecular weight excluding hydrogens is 1260 g/mol. The number of para-hydroxylation sites is 2. The molecule has 0 saturated heterocycles. The van der Waals surface area contributed by atoms with Gasteiger partial charge in [0.15, 0.2) is 15.6 Å². The number of ether oxygens (including phenoxy) is 4. The molecule has 0 heterocycles. The maximum absolute atomic E-state index is 13.8. The van der Waals surface area contributed by atoms with Gasteiger partial charge in [-0.1, -0.05) is 315 Å². The Morgan fingerprint density at radius 3 is 1.03 bits per heavy atom. The van der Waals surface area contributed by atoms with Gasteiger partial charge in [-0.15, -0.1) is 0 Å². The van der Waals surface area contributed by atoms with Gasteiger partial charge in [-0.25, -0.2) is 14.0 Å². The van der Waals surface area contributed by atoms with Crippen LogP contribution in [0, 0.1) is 28.1 Å². The van der Waals surface area contributed by atoms with E-state index in [4.69, 9.17) is 24.2 Å². The fourth-order valence-corrected chi connectivity index (χ4v) is 11.2. The zero-order valence-electron chi connectivity index (χ0n) is 57.5. The summed E-state index contributed by atoms with van der Waals surface area (Å²) in [6.07, 6.45) is 2.23. The molecule has 0 radical (unpaired) electrons. The molecule has 9 nitrogen and oxygen atoms in total. The van der Waals surface area contributed by atoms with Crippen LogP contribution in [0.5, 0.6) is 23.0 Å². The number of alkyl halides is 1. The molecule has 12 heteroatoms. The van der Waals surface area contributed by atoms with Gasteiger partial charge in [0.25, 0.3) is 0 Å². The number of carbonyl (C=O) groups excluding carboxylic acids is 4. The molecule has 10 aromatic rings. The fourth-order valence-electron chi connectivity index (χ4n) is 9.52. The topological polar surface area (TPSA) is 129 Å². The number of hydrogen-bond acceptors (Lipinski definition) is 11. The second-order valence-corrected chi connectivity index (χ2v) is 26.5. The summed E-state index contributed by atoms with van der Waals surface area (Å²) in [6, 6.07) is 89.8. The van der Waals surface area contributed by atoms with Crippen molar-refractivity contribution < 1.29 is 42.5 Å². The first-order valence-electron chi connectivity index (χ1n) is 33.3. The van der Waals surface area contributed by atoms with Gasteiger partial charge in [0.2, 0.25) is 5.67 Å². The van der Waals surface area contributed by atoms with Crippen LogP contribution in [0.15, 0.2) is 267 Å². The molecule has 10 aromatic carbocycles. The van der Waals surface area contributed by atoms with Gasteiger partial charge in [0, 0.05) is 45.1 Å². The Morgan fingerprint density at radius 2 is 0.724 bits per heavy atom. The lowest BCUT2D eigenvalue weighted by molar-refractivity contribution is -0.147. The molecule has 0 aromatic heterocycles. The molecule has 0 aliphatic heterocycles. The summed E-state index contributed by atoms with van der Waals surface area (Å²) < 4.78 is 36.7. The van der Waals surface area contributed by atoms with Crippen molar-refractivity contribution in [3.05, 3.63) is 267 Å². The van der Waals surface area contributed by atoms with Crippen LogP contribution in [-0.4, -0.2) is 52.6 Å². The Kier molecular flexibility index (Phi) is 29.5. The van der Waals surface area contributed by atoms with E-state index in [0.29, 0.717) is 42.6 Å². The molecule has 10 rings (SSSR count). The minimum absolute atomic E-state index is 0.0912. The van der Waals surface area contributed by atoms with Gasteiger partial charge in [-0.05, 0) is 108 Å². The van der Waals surface area contributed by atoms with Gasteiger partial charge < -0.3 is 18.9 Å². The third-order valence-electron chi connectivity index (χ3n) is 16.8. The molecule has 0 bridgehead atoms. The Hall–Kier alpha value is -9.80. The van der Waals surface area contributed by atoms with Crippen molar-refractivity contribution in [3.63, 3.8) is 0 Å². The second-order valence-electron chi connectivity index (χ2n) is 24.3. The standard InChI is InChI=1S/C26H28O2S.C25H26O2S.C18H17NO2.C17H17FO2/c1-4-26(2,3)25(27)29-19-18-28-24-22(20-12-7-5-8-13-20)16-11-17-23(24)21-14-9-6-10-15-21;1-3-19(2)25(26)28-18-17-27-24-22(20-11-6-4-7-12-20)15-10-16-23(24)21-13-8-5-9-14-21;1-3-18(2,13-19)17(20)21-16-11-9-15(10-12-16)14-7-5-4-6-8-14;1-3-17(2,18)16(19)20-15-11-9-14(10-12-15)13-7-5-4-6-8-13/h5-17H,4,18-19H2,1-3H3;4-16,19H,3,17-18H2,1-2H3;4-12H,3H2,1-2H3;4-12H,3H2,1-2H3. The van der Waals surface area contributed by atoms with E-state index in [0.717, 1.165) is 91.1 Å². The second kappa shape index (κ2) is 38.2. The van der Waals surface area contributed by atoms with Gasteiger partial charge in [-0.3, -0.25) is 9.59 Å². The molecule has 0 aliphatic carbocycles. The molecule has 0 N–H and O–H groups in total. The summed E-state index contributed by atoms with van der Waals surface area (Å²) in [5.74, 6) is 2.57. The molecular formula is C86H88FNO8S2. The quantitative estimate of drug-likeness (QED) is 0.0326. The van der Waals surface area contributed by atoms with E-state index in [-0.39, 0.29) is 28.0 Å². The van der Waals surface area contributed by atoms with Crippen LogP contribution >= 0.6 is 23.5 Å². The Labute approximate surface area is 587 Å². The highest BCUT2D eigenvalue weighted by atomic mass is 32.2. The van der Waals surface area contributed by atoms with Gasteiger partial charge in [0.1, 0.15) is 23.0 Å². The third kappa shape index (κ3) is 22.1. The lowest BCUT2D eigenvalue weighted by Gasteiger charge is -2.20. The molecule has 0 saturated carbocycles. The van der Waals surface area contributed by atoms with Gasteiger partial charge in [0.05, 0.1) is 19.3 Å². The molecule has 0 spiro atoms. The van der Waals surface area contributed by atoms with Crippen LogP contribution in [0.3, 0.4) is 0 Å². The SMILES string of the molecule is CCC(C)(C#N)C(=O)Oc1ccc(-c2ccccc2)cc1.CCC(C)(C)C(=O)SCCOc1c(-c2ccccc2)cccc1-c1ccccc1.CCC(C)(F)C(=O)Oc1ccc(-c2ccccc2)cc1.CCC(C)C(=O)SCCOc1c(-c2ccccc2)cccc1-c1ccccc1. The van der Waals surface area contributed by atoms with E-state index < -0.39 is 23.0 Å². The Bertz CT molecular complexity index is 4020. The number of esters is 2. The molecule has 3 unspecified atom stereocenters. The molecule has 0 fully saturated rings. The molecule has 98 heavy (non-hydrogen) atoms. The van der Waals surface area contributed by atoms with Gasteiger partial charge in [-0.2, -0.15) is 5.26 Å². The molecule has 0 amide bonds. The van der Waals surface area contributed by atoms with E-state index in [1.54, 1.807) is 45.0 Å². The van der Waals surface area contributed by atoms with Crippen LogP contribution in [0.4, 0.5) is 4.39 Å². The molecule has 0 aliphatic rings. The summed E-state index contributed by atoms with van der Waals surface area (Å²) in [7, 11) is 0. The number of carbonyl (C=O) groups is 4. The zero-order valence-corrected chi connectivity index (χ0v) is 59.2. The van der Waals surface area contributed by atoms with Crippen LogP contribution in [0.1, 0.15) is 88.0 Å². The summed E-state index contributed by atoms with van der Waals surface area (Å²) in [6.45, 7) is 17.3. The highest BCUT2D eigenvalue weighted by molar-refractivity contribution is 8.14. The summed E-state index contributed by atoms with van der Waals surface area (Å²) in [5.41, 5.74) is 9.68. The van der Waals surface area contributed by atoms with Crippen molar-refractivity contribution in [1.82, 2.24) is 0 Å². The number of thioether (sulfide) groups is 2. The van der Waals surface area contributed by atoms with E-state index in [9.17, 15) is 23.6 Å². The van der Waals surface area contributed by atoms with Crippen LogP contribution in [-0.2, 0) is 19.2 Å². The predicted molar refractivity (Wildman–Crippen MR) is 403 cm³/mol. The fraction of sp³-hybridized carbons (Fsp3) is 0.244. The minimum atomic E-state index is -1.95. The van der Waals surface area contributed by atoms with E-state index >= 15 is 0 Å². The maximum Gasteiger partial charge on any atom is 0.348 e. The van der Waals surface area contributed by atoms with E-state index in [1.807, 2.05) is 191 Å². The minimum Gasteiger partial charge on any atom is -0.491 e. The number of hydrogen-bond donors (Lipinski definition) is 0. The van der Waals surface area contributed by atoms with Crippen LogP contribution in [0.2, 0.25) is 0 Å². The number of nitriles is 1. The first-order chi connectivity index (χ1) is 47.3. The van der Waals surface area contributed by atoms with Crippen molar-refractivity contribution in [3.8, 4) is 95.8 Å². The van der Waals surface area contributed by atoms with Crippen molar-refractivity contribution in [2.24, 2.45) is 16.7 Å². The largest absolute Gasteiger partial charge is 0.491 e. The van der Waals surface area contributed by atoms with E-state index in [2.05, 4.69) is 91.9 Å². The number of nitrogens with zero attached hydrogens (tertiary/aromatic N) is 1. The maximum atomic E-state index is 13.8. The first-order valence-corrected chi connectivity index (χ1v) is 35.2. The highest BCUT2D eigenvalue weighted by Crippen LogP contribution is 2.41. The molecule has 504 valence electrons. The van der Waals surface area contributed by atoms with Crippen LogP contribution in [0.25, 0.3) is 66.8 Å². The van der Waals surface area contributed by atoms with Crippen molar-refractivity contribution in [1.29, 1.82) is 5.26 Å². The molecule has 3 atom stereocenters. The number of rotatable bonds is 24. The summed E-state index contributed by atoms with van der Waals surface area (Å²) in [4.78, 5) is 48.1. The predicted octanol–water partition coefficient (Wildman–Crippen LogP) is 22.4. The summed E-state index contributed by atoms with van der Waals surface area (Å²) >= 11 is 2.73. The average Bonchev–Trinajstić information content (AvgIpc) is 0.810. The smallest absolute Gasteiger partial charge is 0.348 e. The lowest BCUT2D eigenvalue weighted by atomic mass is 9.90. The van der Waals surface area contributed by atoms with Crippen molar-refractivity contribution in [2.75, 3.05) is 24.7 Å². The average molecular weight is 1350 g/mol. The van der Waals surface area contributed by atoms with Crippen LogP contribution < -0.4 is 18.9 Å². The Morgan fingerprint density at radius 1 is 0.408 bits per heavy atom. The number of halogens is 1. The van der Waals surface area contributed by atoms with Crippen molar-refractivity contribution in [2.45, 2.75) is 93.7 Å². The van der Waals surface area contributed by atoms with Gasteiger partial charge >= 0.3 is 11.9 Å². The third-order valence-corrected chi connectivity index (χ3v) is 19.0. The van der Waals surface area contributed by atoms with Crippen molar-refractivity contribution >= 4 is 45.7 Å². The first kappa shape index (κ1) is 75.6. The highest BCUT2D eigenvalue weighted by Gasteiger charge is 2.34. The number of benzene rings is 10. The monoisotopic (exact) mass is 1350 g/mol. The normalized spacial score (nSPS) is 12.3.